The lowest BCUT2D eigenvalue weighted by molar-refractivity contribution is 0.556. The van der Waals surface area contributed by atoms with Crippen molar-refractivity contribution in [1.29, 1.82) is 0 Å². The van der Waals surface area contributed by atoms with Gasteiger partial charge in [0, 0.05) is 23.8 Å². The van der Waals surface area contributed by atoms with E-state index in [1.807, 2.05) is 0 Å². The predicted molar refractivity (Wildman–Crippen MR) is 94.5 cm³/mol. The van der Waals surface area contributed by atoms with Gasteiger partial charge in [0.1, 0.15) is 16.6 Å². The summed E-state index contributed by atoms with van der Waals surface area (Å²) in [6.07, 6.45) is 3.29. The molecule has 0 saturated heterocycles. The van der Waals surface area contributed by atoms with Crippen molar-refractivity contribution in [3.8, 4) is 11.3 Å². The molecule has 0 saturated carbocycles. The molecule has 0 atom stereocenters. The van der Waals surface area contributed by atoms with Gasteiger partial charge in [0.25, 0.3) is 0 Å². The third-order valence-corrected chi connectivity index (χ3v) is 3.73. The zero-order valence-corrected chi connectivity index (χ0v) is 14.8. The van der Waals surface area contributed by atoms with E-state index in [9.17, 15) is 9.18 Å². The summed E-state index contributed by atoms with van der Waals surface area (Å²) in [5, 5.41) is 0.950. The molecule has 0 radical (unpaired) electrons. The van der Waals surface area contributed by atoms with E-state index in [4.69, 9.17) is 16.0 Å². The molecular weight excluding hydrogens is 401 g/mol. The Labute approximate surface area is 150 Å². The van der Waals surface area contributed by atoms with Gasteiger partial charge in [-0.25, -0.2) is 19.2 Å². The third kappa shape index (κ3) is 2.70. The monoisotopic (exact) mass is 409 g/mol. The highest BCUT2D eigenvalue weighted by Crippen LogP contribution is 2.23. The topological polar surface area (TPSA) is 60.4 Å². The number of aromatic nitrogens is 3. The second kappa shape index (κ2) is 5.99. The lowest BCUT2D eigenvalue weighted by atomic mass is 10.1. The van der Waals surface area contributed by atoms with Crippen LogP contribution in [0, 0.1) is 12.7 Å². The molecule has 0 fully saturated rings. The van der Waals surface area contributed by atoms with Gasteiger partial charge in [0.2, 0.25) is 0 Å². The van der Waals surface area contributed by atoms with Crippen LogP contribution >= 0.6 is 28.6 Å². The van der Waals surface area contributed by atoms with E-state index in [-0.39, 0.29) is 22.6 Å². The van der Waals surface area contributed by atoms with Crippen LogP contribution in [0.1, 0.15) is 5.69 Å². The number of hydrogen-bond donors (Lipinski definition) is 0. The zero-order valence-electron chi connectivity index (χ0n) is 12.3. The van der Waals surface area contributed by atoms with Crippen LogP contribution in [0.3, 0.4) is 0 Å². The summed E-state index contributed by atoms with van der Waals surface area (Å²) in [6, 6.07) is 5.67. The van der Waals surface area contributed by atoms with Gasteiger partial charge in [-0.1, -0.05) is 11.6 Å². The molecule has 0 aliphatic carbocycles. The van der Waals surface area contributed by atoms with Gasteiger partial charge in [-0.3, -0.25) is 0 Å². The first-order valence-corrected chi connectivity index (χ1v) is 7.15. The summed E-state index contributed by atoms with van der Waals surface area (Å²) >= 11 is 5.93. The Bertz CT molecular complexity index is 1140. The molecule has 5 nitrogen and oxygen atoms in total. The van der Waals surface area contributed by atoms with Crippen LogP contribution < -0.4 is 5.63 Å². The number of imidazole rings is 1. The van der Waals surface area contributed by atoms with Crippen LogP contribution in [0.25, 0.3) is 27.9 Å². The second-order valence-corrected chi connectivity index (χ2v) is 5.52. The Morgan fingerprint density at radius 2 is 2.00 bits per heavy atom. The van der Waals surface area contributed by atoms with Crippen LogP contribution in [0.4, 0.5) is 4.39 Å². The standard InChI is InChI=1S/C16H9ClFN3O2.BrH/c1-8-15-20-12(6-21(15)7-14(17)19-8)11-4-9-2-3-10(18)5-13(9)23-16(11)22;/h2-7H,1H3;1H. The first-order valence-electron chi connectivity index (χ1n) is 6.77. The summed E-state index contributed by atoms with van der Waals surface area (Å²) in [7, 11) is 0. The highest BCUT2D eigenvalue weighted by atomic mass is 79.9. The molecule has 1 aromatic carbocycles. The highest BCUT2D eigenvalue weighted by molar-refractivity contribution is 8.93. The Balaban J connectivity index is 0.00000169. The molecule has 3 aromatic heterocycles. The van der Waals surface area contributed by atoms with Crippen molar-refractivity contribution in [2.45, 2.75) is 6.92 Å². The number of fused-ring (bicyclic) bond motifs is 2. The number of aryl methyl sites for hydroxylation is 1. The molecule has 8 heteroatoms. The normalized spacial score (nSPS) is 11.0. The Morgan fingerprint density at radius 1 is 1.21 bits per heavy atom. The molecule has 0 N–H and O–H groups in total. The summed E-state index contributed by atoms with van der Waals surface area (Å²) in [5.74, 6) is -0.461. The van der Waals surface area contributed by atoms with Crippen molar-refractivity contribution in [3.05, 3.63) is 63.7 Å². The predicted octanol–water partition coefficient (Wildman–Crippen LogP) is 4.18. The fraction of sp³-hybridized carbons (Fsp3) is 0.0625. The summed E-state index contributed by atoms with van der Waals surface area (Å²) < 4.78 is 20.1. The van der Waals surface area contributed by atoms with Crippen LogP contribution in [-0.2, 0) is 0 Å². The maximum Gasteiger partial charge on any atom is 0.345 e. The summed E-state index contributed by atoms with van der Waals surface area (Å²) in [4.78, 5) is 20.7. The zero-order chi connectivity index (χ0) is 16.1. The average molecular weight is 411 g/mol. The fourth-order valence-corrected chi connectivity index (χ4v) is 2.74. The molecule has 4 aromatic rings. The van der Waals surface area contributed by atoms with Crippen molar-refractivity contribution in [2.75, 3.05) is 0 Å². The fourth-order valence-electron chi connectivity index (χ4n) is 2.51. The third-order valence-electron chi connectivity index (χ3n) is 3.55. The Morgan fingerprint density at radius 3 is 2.79 bits per heavy atom. The van der Waals surface area contributed by atoms with Crippen LogP contribution in [0.15, 0.2) is 45.9 Å². The number of hydrogen-bond acceptors (Lipinski definition) is 4. The van der Waals surface area contributed by atoms with Gasteiger partial charge in [0.05, 0.1) is 17.0 Å². The molecule has 122 valence electrons. The minimum absolute atomic E-state index is 0. The van der Waals surface area contributed by atoms with E-state index < -0.39 is 11.4 Å². The largest absolute Gasteiger partial charge is 0.422 e. The number of rotatable bonds is 1. The SMILES string of the molecule is Br.Cc1nc(Cl)cn2cc(-c3cc4ccc(F)cc4oc3=O)nc12. The minimum atomic E-state index is -0.580. The molecule has 0 bridgehead atoms. The molecule has 0 spiro atoms. The summed E-state index contributed by atoms with van der Waals surface area (Å²) in [6.45, 7) is 1.78. The van der Waals surface area contributed by atoms with Crippen LogP contribution in [-0.4, -0.2) is 14.4 Å². The van der Waals surface area contributed by atoms with Crippen molar-refractivity contribution in [2.24, 2.45) is 0 Å². The van der Waals surface area contributed by atoms with Crippen molar-refractivity contribution in [1.82, 2.24) is 14.4 Å². The van der Waals surface area contributed by atoms with Crippen LogP contribution in [0.2, 0.25) is 5.15 Å². The maximum absolute atomic E-state index is 13.2. The minimum Gasteiger partial charge on any atom is -0.422 e. The van der Waals surface area contributed by atoms with E-state index in [0.29, 0.717) is 33.1 Å². The maximum atomic E-state index is 13.2. The number of benzene rings is 1. The lowest BCUT2D eigenvalue weighted by Gasteiger charge is -1.99. The number of halogens is 3. The van der Waals surface area contributed by atoms with Crippen LogP contribution in [0.5, 0.6) is 0 Å². The molecule has 0 aliphatic heterocycles. The van der Waals surface area contributed by atoms with Gasteiger partial charge in [0.15, 0.2) is 5.65 Å². The van der Waals surface area contributed by atoms with Gasteiger partial charge in [-0.05, 0) is 25.1 Å². The molecule has 3 heterocycles. The first kappa shape index (κ1) is 16.6. The van der Waals surface area contributed by atoms with Crippen molar-refractivity contribution >= 4 is 45.2 Å². The Kier molecular flexibility index (Phi) is 4.15. The molecule has 0 aliphatic rings. The second-order valence-electron chi connectivity index (χ2n) is 5.14. The highest BCUT2D eigenvalue weighted by Gasteiger charge is 2.13. The summed E-state index contributed by atoms with van der Waals surface area (Å²) in [5.41, 5.74) is 1.60. The molecule has 24 heavy (non-hydrogen) atoms. The first-order chi connectivity index (χ1) is 11.0. The van der Waals surface area contributed by atoms with Crippen molar-refractivity contribution < 1.29 is 8.81 Å². The molecule has 0 amide bonds. The average Bonchev–Trinajstić information content (AvgIpc) is 2.90. The van der Waals surface area contributed by atoms with E-state index in [0.717, 1.165) is 0 Å². The van der Waals surface area contributed by atoms with Crippen molar-refractivity contribution in [3.63, 3.8) is 0 Å². The smallest absolute Gasteiger partial charge is 0.345 e. The van der Waals surface area contributed by atoms with Gasteiger partial charge < -0.3 is 8.82 Å². The van der Waals surface area contributed by atoms with E-state index in [1.54, 1.807) is 35.9 Å². The number of nitrogens with zero attached hydrogens (tertiary/aromatic N) is 3. The van der Waals surface area contributed by atoms with Gasteiger partial charge in [-0.15, -0.1) is 17.0 Å². The van der Waals surface area contributed by atoms with E-state index >= 15 is 0 Å². The van der Waals surface area contributed by atoms with E-state index in [2.05, 4.69) is 9.97 Å². The molecular formula is C16H10BrClFN3O2. The molecule has 4 rings (SSSR count). The van der Waals surface area contributed by atoms with Gasteiger partial charge in [-0.2, -0.15) is 0 Å². The van der Waals surface area contributed by atoms with E-state index in [1.165, 1.54) is 12.1 Å². The quantitative estimate of drug-likeness (QED) is 0.442. The van der Waals surface area contributed by atoms with Gasteiger partial charge >= 0.3 is 5.63 Å². The Hall–Kier alpha value is -2.25. The lowest BCUT2D eigenvalue weighted by Crippen LogP contribution is -2.02. The molecule has 0 unspecified atom stereocenters.